The highest BCUT2D eigenvalue weighted by Crippen LogP contribution is 2.28. The Kier molecular flexibility index (Phi) is 4.37. The summed E-state index contributed by atoms with van der Waals surface area (Å²) in [5.74, 6) is -2.04. The molecule has 1 fully saturated rings. The quantitative estimate of drug-likeness (QED) is 0.495. The first kappa shape index (κ1) is 15.2. The number of carboxylic acid groups (broad SMARTS) is 1. The number of amides is 1. The average molecular weight is 314 g/mol. The monoisotopic (exact) mass is 313 g/mol. The summed E-state index contributed by atoms with van der Waals surface area (Å²) in [5.41, 5.74) is -0.733. The van der Waals surface area contributed by atoms with E-state index in [2.05, 4.69) is 10.3 Å². The number of hydrogen-bond acceptors (Lipinski definition) is 5. The third-order valence-corrected chi connectivity index (χ3v) is 3.70. The van der Waals surface area contributed by atoms with Gasteiger partial charge in [0.2, 0.25) is 5.15 Å². The Morgan fingerprint density at radius 1 is 1.48 bits per heavy atom. The number of hydrogen-bond donors (Lipinski definition) is 2. The van der Waals surface area contributed by atoms with Crippen LogP contribution in [0.4, 0.5) is 5.69 Å². The summed E-state index contributed by atoms with van der Waals surface area (Å²) in [4.78, 5) is 36.7. The third kappa shape index (κ3) is 3.27. The molecule has 0 bridgehead atoms. The van der Waals surface area contributed by atoms with Gasteiger partial charge in [-0.05, 0) is 25.3 Å². The Hall–Kier alpha value is -2.22. The Balaban J connectivity index is 2.13. The summed E-state index contributed by atoms with van der Waals surface area (Å²) < 4.78 is 0. The first-order valence-corrected chi connectivity index (χ1v) is 6.60. The predicted molar refractivity (Wildman–Crippen MR) is 72.1 cm³/mol. The van der Waals surface area contributed by atoms with Crippen LogP contribution < -0.4 is 5.32 Å². The van der Waals surface area contributed by atoms with Crippen LogP contribution in [0, 0.1) is 16.0 Å². The first-order valence-electron chi connectivity index (χ1n) is 6.22. The fraction of sp³-hybridized carbons (Fsp3) is 0.417. The zero-order valence-corrected chi connectivity index (χ0v) is 11.5. The maximum absolute atomic E-state index is 12.1. The Bertz CT molecular complexity index is 607. The molecule has 0 spiro atoms. The summed E-state index contributed by atoms with van der Waals surface area (Å²) >= 11 is 5.64. The minimum atomic E-state index is -0.898. The fourth-order valence-electron chi connectivity index (χ4n) is 2.39. The summed E-state index contributed by atoms with van der Waals surface area (Å²) in [6.07, 6.45) is 2.52. The van der Waals surface area contributed by atoms with Crippen molar-refractivity contribution in [1.82, 2.24) is 10.3 Å². The number of carboxylic acids is 1. The molecular formula is C12H12ClN3O5. The molecule has 21 heavy (non-hydrogen) atoms. The SMILES string of the molecule is O=C(NC1CCC(C(=O)O)C1)c1ccnc(Cl)c1[N+](=O)[O-]. The lowest BCUT2D eigenvalue weighted by Crippen LogP contribution is -2.33. The Morgan fingerprint density at radius 2 is 2.19 bits per heavy atom. The Labute approximate surface area is 124 Å². The van der Waals surface area contributed by atoms with Crippen molar-refractivity contribution in [3.63, 3.8) is 0 Å². The van der Waals surface area contributed by atoms with E-state index in [1.54, 1.807) is 0 Å². The zero-order chi connectivity index (χ0) is 15.6. The van der Waals surface area contributed by atoms with E-state index in [9.17, 15) is 19.7 Å². The molecule has 0 radical (unpaired) electrons. The van der Waals surface area contributed by atoms with Gasteiger partial charge in [-0.25, -0.2) is 4.98 Å². The maximum atomic E-state index is 12.1. The van der Waals surface area contributed by atoms with Crippen LogP contribution in [-0.2, 0) is 4.79 Å². The van der Waals surface area contributed by atoms with Crippen LogP contribution in [0.5, 0.6) is 0 Å². The van der Waals surface area contributed by atoms with Gasteiger partial charge >= 0.3 is 11.7 Å². The molecule has 1 aliphatic rings. The standard InChI is InChI=1S/C12H12ClN3O5/c13-10-9(16(20)21)8(3-4-14-10)11(17)15-7-2-1-6(5-7)12(18)19/h3-4,6-7H,1-2,5H2,(H,15,17)(H,18,19). The van der Waals surface area contributed by atoms with E-state index in [1.807, 2.05) is 0 Å². The molecule has 1 aliphatic carbocycles. The lowest BCUT2D eigenvalue weighted by molar-refractivity contribution is -0.385. The molecule has 1 saturated carbocycles. The number of halogens is 1. The number of carbonyl (C=O) groups is 2. The third-order valence-electron chi connectivity index (χ3n) is 3.42. The molecule has 1 amide bonds. The molecule has 112 valence electrons. The van der Waals surface area contributed by atoms with Crippen molar-refractivity contribution in [3.8, 4) is 0 Å². The van der Waals surface area contributed by atoms with Gasteiger partial charge in [-0.2, -0.15) is 0 Å². The summed E-state index contributed by atoms with van der Waals surface area (Å²) in [7, 11) is 0. The predicted octanol–water partition coefficient (Wildman–Crippen LogP) is 1.63. The van der Waals surface area contributed by atoms with E-state index in [1.165, 1.54) is 12.3 Å². The van der Waals surface area contributed by atoms with Gasteiger partial charge in [0.25, 0.3) is 5.91 Å². The molecule has 0 aliphatic heterocycles. The zero-order valence-electron chi connectivity index (χ0n) is 10.8. The molecule has 0 saturated heterocycles. The number of carbonyl (C=O) groups excluding carboxylic acids is 1. The van der Waals surface area contributed by atoms with E-state index in [4.69, 9.17) is 16.7 Å². The van der Waals surface area contributed by atoms with Crippen LogP contribution in [-0.4, -0.2) is 32.9 Å². The normalized spacial score (nSPS) is 21.0. The highest BCUT2D eigenvalue weighted by molar-refractivity contribution is 6.32. The van der Waals surface area contributed by atoms with Crippen molar-refractivity contribution in [2.24, 2.45) is 5.92 Å². The molecule has 2 unspecified atom stereocenters. The minimum absolute atomic E-state index is 0.182. The molecule has 2 atom stereocenters. The second-order valence-corrected chi connectivity index (χ2v) is 5.13. The van der Waals surface area contributed by atoms with E-state index in [-0.39, 0.29) is 16.8 Å². The topological polar surface area (TPSA) is 122 Å². The molecule has 0 aromatic carbocycles. The smallest absolute Gasteiger partial charge is 0.319 e. The number of aliphatic carboxylic acids is 1. The van der Waals surface area contributed by atoms with E-state index >= 15 is 0 Å². The lowest BCUT2D eigenvalue weighted by Gasteiger charge is -2.12. The molecule has 1 aromatic rings. The van der Waals surface area contributed by atoms with Crippen LogP contribution in [0.25, 0.3) is 0 Å². The first-order chi connectivity index (χ1) is 9.90. The van der Waals surface area contributed by atoms with Gasteiger partial charge in [0.1, 0.15) is 5.56 Å². The second kappa shape index (κ2) is 6.04. The van der Waals surface area contributed by atoms with Gasteiger partial charge in [0, 0.05) is 12.2 Å². The van der Waals surface area contributed by atoms with Crippen molar-refractivity contribution >= 4 is 29.2 Å². The number of nitrogens with one attached hydrogen (secondary N) is 1. The van der Waals surface area contributed by atoms with E-state index < -0.39 is 28.4 Å². The summed E-state index contributed by atoms with van der Waals surface area (Å²) in [6.45, 7) is 0. The van der Waals surface area contributed by atoms with Gasteiger partial charge in [-0.15, -0.1) is 0 Å². The highest BCUT2D eigenvalue weighted by Gasteiger charge is 2.32. The maximum Gasteiger partial charge on any atom is 0.319 e. The number of nitrogens with zero attached hydrogens (tertiary/aromatic N) is 2. The van der Waals surface area contributed by atoms with Crippen molar-refractivity contribution in [2.45, 2.75) is 25.3 Å². The van der Waals surface area contributed by atoms with Crippen LogP contribution in [0.2, 0.25) is 5.15 Å². The Morgan fingerprint density at radius 3 is 2.76 bits per heavy atom. The molecule has 2 N–H and O–H groups in total. The second-order valence-electron chi connectivity index (χ2n) is 4.77. The molecule has 9 heteroatoms. The van der Waals surface area contributed by atoms with Crippen LogP contribution in [0.1, 0.15) is 29.6 Å². The van der Waals surface area contributed by atoms with Gasteiger partial charge in [0.05, 0.1) is 10.8 Å². The number of nitro groups is 1. The minimum Gasteiger partial charge on any atom is -0.481 e. The van der Waals surface area contributed by atoms with Crippen molar-refractivity contribution in [1.29, 1.82) is 0 Å². The van der Waals surface area contributed by atoms with Crippen molar-refractivity contribution < 1.29 is 19.6 Å². The number of rotatable bonds is 4. The average Bonchev–Trinajstić information content (AvgIpc) is 2.86. The highest BCUT2D eigenvalue weighted by atomic mass is 35.5. The fourth-order valence-corrected chi connectivity index (χ4v) is 2.61. The molecule has 1 aromatic heterocycles. The van der Waals surface area contributed by atoms with Crippen molar-refractivity contribution in [2.75, 3.05) is 0 Å². The lowest BCUT2D eigenvalue weighted by atomic mass is 10.1. The van der Waals surface area contributed by atoms with Crippen LogP contribution in [0.3, 0.4) is 0 Å². The van der Waals surface area contributed by atoms with E-state index in [0.29, 0.717) is 19.3 Å². The van der Waals surface area contributed by atoms with Gasteiger partial charge in [0.15, 0.2) is 0 Å². The summed E-state index contributed by atoms with van der Waals surface area (Å²) in [5, 5.41) is 22.1. The molecular weight excluding hydrogens is 302 g/mol. The van der Waals surface area contributed by atoms with Crippen LogP contribution >= 0.6 is 11.6 Å². The molecule has 8 nitrogen and oxygen atoms in total. The van der Waals surface area contributed by atoms with E-state index in [0.717, 1.165) is 0 Å². The largest absolute Gasteiger partial charge is 0.481 e. The molecule has 1 heterocycles. The summed E-state index contributed by atoms with van der Waals surface area (Å²) in [6, 6.07) is 0.897. The molecule has 2 rings (SSSR count). The van der Waals surface area contributed by atoms with Crippen molar-refractivity contribution in [3.05, 3.63) is 33.1 Å². The van der Waals surface area contributed by atoms with Gasteiger partial charge in [-0.1, -0.05) is 11.6 Å². The van der Waals surface area contributed by atoms with Crippen LogP contribution in [0.15, 0.2) is 12.3 Å². The van der Waals surface area contributed by atoms with Gasteiger partial charge < -0.3 is 10.4 Å². The number of aromatic nitrogens is 1. The van der Waals surface area contributed by atoms with Gasteiger partial charge in [-0.3, -0.25) is 19.7 Å². The number of pyridine rings is 1.